The largest absolute Gasteiger partial charge is 0.465 e. The van der Waals surface area contributed by atoms with Gasteiger partial charge in [0.2, 0.25) is 5.91 Å². The van der Waals surface area contributed by atoms with E-state index < -0.39 is 5.97 Å². The summed E-state index contributed by atoms with van der Waals surface area (Å²) < 4.78 is 5.02. The third kappa shape index (κ3) is 3.59. The molecule has 0 saturated heterocycles. The average molecular weight is 410 g/mol. The van der Waals surface area contributed by atoms with Crippen LogP contribution >= 0.6 is 0 Å². The topological polar surface area (TPSA) is 71.2 Å². The van der Waals surface area contributed by atoms with Gasteiger partial charge in [0.15, 0.2) is 0 Å². The van der Waals surface area contributed by atoms with E-state index in [1.165, 1.54) is 12.7 Å². The summed E-state index contributed by atoms with van der Waals surface area (Å²) in [7, 11) is 1.38. The molecule has 2 atom stereocenters. The fourth-order valence-electron chi connectivity index (χ4n) is 4.20. The molecular formula is C26H22N2O3. The first-order chi connectivity index (χ1) is 15.2. The van der Waals surface area contributed by atoms with Crippen LogP contribution in [0.3, 0.4) is 0 Å². The van der Waals surface area contributed by atoms with Crippen LogP contribution < -0.4 is 5.32 Å². The molecule has 1 saturated carbocycles. The lowest BCUT2D eigenvalue weighted by molar-refractivity contribution is -0.117. The lowest BCUT2D eigenvalue weighted by atomic mass is 10.1. The number of hydrogen-bond donors (Lipinski definition) is 2. The molecule has 5 nitrogen and oxygen atoms in total. The molecule has 1 heterocycles. The zero-order valence-corrected chi connectivity index (χ0v) is 17.1. The summed E-state index contributed by atoms with van der Waals surface area (Å²) in [5, 5.41) is 3.79. The Balaban J connectivity index is 1.43. The third-order valence-corrected chi connectivity index (χ3v) is 5.87. The summed E-state index contributed by atoms with van der Waals surface area (Å²) in [6.07, 6.45) is 0.866. The van der Waals surface area contributed by atoms with Crippen LogP contribution in [0.1, 0.15) is 28.3 Å². The van der Waals surface area contributed by atoms with Gasteiger partial charge in [-0.15, -0.1) is 0 Å². The van der Waals surface area contributed by atoms with Crippen LogP contribution in [-0.4, -0.2) is 24.0 Å². The molecule has 0 bridgehead atoms. The first kappa shape index (κ1) is 19.1. The molecule has 5 heteroatoms. The van der Waals surface area contributed by atoms with E-state index in [0.29, 0.717) is 16.9 Å². The van der Waals surface area contributed by atoms with Crippen molar-refractivity contribution >= 4 is 28.5 Å². The maximum Gasteiger partial charge on any atom is 0.340 e. The van der Waals surface area contributed by atoms with Gasteiger partial charge < -0.3 is 15.0 Å². The van der Waals surface area contributed by atoms with Crippen molar-refractivity contribution in [2.75, 3.05) is 12.4 Å². The number of aromatic nitrogens is 1. The van der Waals surface area contributed by atoms with Crippen molar-refractivity contribution < 1.29 is 14.3 Å². The van der Waals surface area contributed by atoms with E-state index in [0.717, 1.165) is 22.9 Å². The summed E-state index contributed by atoms with van der Waals surface area (Å²) in [5.74, 6) is -0.0971. The van der Waals surface area contributed by atoms with Crippen LogP contribution in [0, 0.1) is 5.92 Å². The van der Waals surface area contributed by atoms with E-state index in [-0.39, 0.29) is 17.7 Å². The third-order valence-electron chi connectivity index (χ3n) is 5.87. The van der Waals surface area contributed by atoms with E-state index >= 15 is 0 Å². The highest BCUT2D eigenvalue weighted by Gasteiger charge is 2.43. The van der Waals surface area contributed by atoms with E-state index in [2.05, 4.69) is 22.4 Å². The van der Waals surface area contributed by atoms with Crippen molar-refractivity contribution in [3.8, 4) is 11.3 Å². The van der Waals surface area contributed by atoms with Crippen molar-refractivity contribution in [2.45, 2.75) is 12.3 Å². The van der Waals surface area contributed by atoms with Gasteiger partial charge in [-0.1, -0.05) is 60.7 Å². The molecule has 0 aliphatic heterocycles. The standard InChI is InChI=1S/C26H22N2O3/c1-31-26(30)23-19-13-12-18(14-22(19)28-24(23)17-10-6-3-7-11-17)27-25(29)21-15-20(21)16-8-4-2-5-9-16/h2-14,20-21,28H,15H2,1H3,(H,27,29)/t20-,21+/m0/s1. The molecule has 5 rings (SSSR count). The Morgan fingerprint density at radius 1 is 0.968 bits per heavy atom. The van der Waals surface area contributed by atoms with Crippen molar-refractivity contribution in [1.82, 2.24) is 4.98 Å². The number of esters is 1. The maximum atomic E-state index is 12.7. The van der Waals surface area contributed by atoms with Crippen molar-refractivity contribution in [3.05, 3.63) is 90.0 Å². The van der Waals surface area contributed by atoms with Gasteiger partial charge in [0, 0.05) is 22.5 Å². The number of carbonyl (C=O) groups is 2. The second-order valence-corrected chi connectivity index (χ2v) is 7.84. The molecule has 0 spiro atoms. The van der Waals surface area contributed by atoms with Crippen LogP contribution in [0.4, 0.5) is 5.69 Å². The van der Waals surface area contributed by atoms with Gasteiger partial charge in [-0.25, -0.2) is 4.79 Å². The van der Waals surface area contributed by atoms with Gasteiger partial charge in [-0.05, 0) is 41.7 Å². The molecular weight excluding hydrogens is 388 g/mol. The zero-order valence-electron chi connectivity index (χ0n) is 17.1. The van der Waals surface area contributed by atoms with Crippen molar-refractivity contribution in [2.24, 2.45) is 5.92 Å². The molecule has 1 aromatic heterocycles. The van der Waals surface area contributed by atoms with Gasteiger partial charge >= 0.3 is 5.97 Å². The summed E-state index contributed by atoms with van der Waals surface area (Å²) in [4.78, 5) is 28.6. The minimum atomic E-state index is -0.398. The second-order valence-electron chi connectivity index (χ2n) is 7.84. The highest BCUT2D eigenvalue weighted by atomic mass is 16.5. The Morgan fingerprint density at radius 3 is 2.39 bits per heavy atom. The monoisotopic (exact) mass is 410 g/mol. The number of hydrogen-bond acceptors (Lipinski definition) is 3. The smallest absolute Gasteiger partial charge is 0.340 e. The number of methoxy groups -OCH3 is 1. The SMILES string of the molecule is COC(=O)c1c(-c2ccccc2)[nH]c2cc(NC(=O)[C@@H]3C[C@H]3c3ccccc3)ccc12. The Bertz CT molecular complexity index is 1260. The van der Waals surface area contributed by atoms with Gasteiger partial charge in [0.1, 0.15) is 0 Å². The Labute approximate surface area is 180 Å². The molecule has 1 aliphatic rings. The van der Waals surface area contributed by atoms with Crippen LogP contribution in [0.5, 0.6) is 0 Å². The maximum absolute atomic E-state index is 12.7. The number of aromatic amines is 1. The lowest BCUT2D eigenvalue weighted by Gasteiger charge is -2.06. The van der Waals surface area contributed by atoms with Crippen LogP contribution in [0.15, 0.2) is 78.9 Å². The highest BCUT2D eigenvalue weighted by Crippen LogP contribution is 2.48. The van der Waals surface area contributed by atoms with E-state index in [1.54, 1.807) is 0 Å². The summed E-state index contributed by atoms with van der Waals surface area (Å²) >= 11 is 0. The number of amides is 1. The van der Waals surface area contributed by atoms with Crippen LogP contribution in [-0.2, 0) is 9.53 Å². The predicted octanol–water partition coefficient (Wildman–Crippen LogP) is 5.36. The number of ether oxygens (including phenoxy) is 1. The van der Waals surface area contributed by atoms with Gasteiger partial charge in [-0.2, -0.15) is 0 Å². The number of nitrogens with one attached hydrogen (secondary N) is 2. The molecule has 1 amide bonds. The quantitative estimate of drug-likeness (QED) is 0.435. The van der Waals surface area contributed by atoms with E-state index in [4.69, 9.17) is 4.74 Å². The van der Waals surface area contributed by atoms with E-state index in [9.17, 15) is 9.59 Å². The molecule has 0 radical (unpaired) electrons. The molecule has 1 fully saturated rings. The van der Waals surface area contributed by atoms with Crippen molar-refractivity contribution in [3.63, 3.8) is 0 Å². The summed E-state index contributed by atoms with van der Waals surface area (Å²) in [5.41, 5.74) is 4.78. The molecule has 4 aromatic rings. The lowest BCUT2D eigenvalue weighted by Crippen LogP contribution is -2.14. The Hall–Kier alpha value is -3.86. The Kier molecular flexibility index (Phi) is 4.79. The van der Waals surface area contributed by atoms with Crippen molar-refractivity contribution in [1.29, 1.82) is 0 Å². The van der Waals surface area contributed by atoms with Gasteiger partial charge in [-0.3, -0.25) is 4.79 Å². The molecule has 1 aliphatic carbocycles. The molecule has 154 valence electrons. The second kappa shape index (κ2) is 7.76. The zero-order chi connectivity index (χ0) is 21.4. The fraction of sp³-hybridized carbons (Fsp3) is 0.154. The fourth-order valence-corrected chi connectivity index (χ4v) is 4.20. The number of anilines is 1. The van der Waals surface area contributed by atoms with Crippen LogP contribution in [0.25, 0.3) is 22.2 Å². The number of H-pyrrole nitrogens is 1. The molecule has 2 N–H and O–H groups in total. The normalized spacial score (nSPS) is 17.3. The minimum Gasteiger partial charge on any atom is -0.465 e. The van der Waals surface area contributed by atoms with Crippen LogP contribution in [0.2, 0.25) is 0 Å². The minimum absolute atomic E-state index is 0.00718. The first-order valence-corrected chi connectivity index (χ1v) is 10.3. The summed E-state index contributed by atoms with van der Waals surface area (Å²) in [6, 6.07) is 25.3. The number of benzene rings is 3. The number of carbonyl (C=O) groups excluding carboxylic acids is 2. The molecule has 31 heavy (non-hydrogen) atoms. The molecule has 0 unspecified atom stereocenters. The Morgan fingerprint density at radius 2 is 1.68 bits per heavy atom. The number of rotatable bonds is 5. The molecule has 3 aromatic carbocycles. The average Bonchev–Trinajstić information content (AvgIpc) is 3.54. The first-order valence-electron chi connectivity index (χ1n) is 10.3. The number of fused-ring (bicyclic) bond motifs is 1. The predicted molar refractivity (Wildman–Crippen MR) is 121 cm³/mol. The summed E-state index contributed by atoms with van der Waals surface area (Å²) in [6.45, 7) is 0. The highest BCUT2D eigenvalue weighted by molar-refractivity contribution is 6.11. The van der Waals surface area contributed by atoms with E-state index in [1.807, 2.05) is 66.7 Å². The van der Waals surface area contributed by atoms with Gasteiger partial charge in [0.25, 0.3) is 0 Å². The van der Waals surface area contributed by atoms with Gasteiger partial charge in [0.05, 0.1) is 18.4 Å².